The molecular weight excluding hydrogens is 449 g/mol. The number of pyridine rings is 1. The van der Waals surface area contributed by atoms with Crippen LogP contribution in [0, 0.1) is 15.5 Å². The van der Waals surface area contributed by atoms with E-state index in [1.165, 1.54) is 0 Å². The lowest BCUT2D eigenvalue weighted by atomic mass is 10.0. The number of hydrogen-bond acceptors (Lipinski definition) is 5. The third kappa shape index (κ3) is 4.05. The molecule has 142 valence electrons. The fraction of sp³-hybridized carbons (Fsp3) is 0.611. The quantitative estimate of drug-likeness (QED) is 0.488. The monoisotopic (exact) mass is 473 g/mol. The fourth-order valence-electron chi connectivity index (χ4n) is 3.51. The third-order valence-corrected chi connectivity index (χ3v) is 5.51. The number of carbonyl (C=O) groups is 2. The Bertz CT molecular complexity index is 705. The molecule has 1 aromatic heterocycles. The van der Waals surface area contributed by atoms with E-state index in [1.54, 1.807) is 24.3 Å². The molecule has 7 nitrogen and oxygen atoms in total. The van der Waals surface area contributed by atoms with Gasteiger partial charge in [-0.05, 0) is 49.4 Å². The zero-order valence-corrected chi connectivity index (χ0v) is 17.6. The largest absolute Gasteiger partial charge is 0.494 e. The molecule has 0 spiro atoms. The van der Waals surface area contributed by atoms with E-state index in [-0.39, 0.29) is 12.0 Å². The van der Waals surface area contributed by atoms with E-state index in [0.29, 0.717) is 49.3 Å². The number of amides is 2. The molecule has 2 atom stereocenters. The van der Waals surface area contributed by atoms with E-state index in [0.717, 1.165) is 3.70 Å². The van der Waals surface area contributed by atoms with E-state index < -0.39 is 5.60 Å². The summed E-state index contributed by atoms with van der Waals surface area (Å²) in [6, 6.07) is 1.73. The number of rotatable bonds is 2. The van der Waals surface area contributed by atoms with Gasteiger partial charge in [0.05, 0.1) is 12.7 Å². The summed E-state index contributed by atoms with van der Waals surface area (Å²) in [5.74, 6) is 1.16. The Hall–Kier alpha value is -1.58. The van der Waals surface area contributed by atoms with Crippen molar-refractivity contribution in [1.82, 2.24) is 14.8 Å². The molecule has 2 fully saturated rings. The Kier molecular flexibility index (Phi) is 5.32. The average molecular weight is 473 g/mol. The number of halogens is 1. The van der Waals surface area contributed by atoms with Crippen LogP contribution < -0.4 is 4.74 Å². The number of nitrogens with zero attached hydrogens (tertiary/aromatic N) is 3. The first-order valence-electron chi connectivity index (χ1n) is 8.64. The summed E-state index contributed by atoms with van der Waals surface area (Å²) in [7, 11) is 1.57. The minimum absolute atomic E-state index is 0.0366. The minimum atomic E-state index is -0.492. The van der Waals surface area contributed by atoms with Gasteiger partial charge in [0.25, 0.3) is 5.91 Å². The highest BCUT2D eigenvalue weighted by atomic mass is 127. The normalized spacial score (nSPS) is 22.3. The number of likely N-dealkylation sites (tertiary alicyclic amines) is 2. The lowest BCUT2D eigenvalue weighted by molar-refractivity contribution is 0.0275. The summed E-state index contributed by atoms with van der Waals surface area (Å²) < 4.78 is 11.4. The highest BCUT2D eigenvalue weighted by Crippen LogP contribution is 2.33. The fourth-order valence-corrected chi connectivity index (χ4v) is 4.02. The summed E-state index contributed by atoms with van der Waals surface area (Å²) in [6.07, 6.45) is 1.32. The van der Waals surface area contributed by atoms with Crippen molar-refractivity contribution in [3.05, 3.63) is 21.5 Å². The SMILES string of the molecule is COc1cc(C(=O)N2CC3CN(C(=O)OC(C)(C)C)CC3C2)cnc1I. The molecule has 0 radical (unpaired) electrons. The number of ether oxygens (including phenoxy) is 2. The standard InChI is InChI=1S/C18H24IN3O4/c1-18(2,3)26-17(24)22-9-12-7-21(8-13(12)10-22)16(23)11-5-14(25-4)15(19)20-6-11/h5-6,12-13H,7-10H2,1-4H3. The topological polar surface area (TPSA) is 72.0 Å². The highest BCUT2D eigenvalue weighted by molar-refractivity contribution is 14.1. The Morgan fingerprint density at radius 2 is 1.73 bits per heavy atom. The molecule has 0 bridgehead atoms. The maximum absolute atomic E-state index is 12.8. The van der Waals surface area contributed by atoms with Gasteiger partial charge in [0, 0.05) is 44.2 Å². The summed E-state index contributed by atoms with van der Waals surface area (Å²) in [5, 5.41) is 0. The lowest BCUT2D eigenvalue weighted by Crippen LogP contribution is -2.38. The van der Waals surface area contributed by atoms with Crippen LogP contribution in [-0.2, 0) is 4.74 Å². The molecule has 0 saturated carbocycles. The number of carbonyl (C=O) groups excluding carboxylic acids is 2. The Morgan fingerprint density at radius 3 is 2.27 bits per heavy atom. The van der Waals surface area contributed by atoms with E-state index >= 15 is 0 Å². The highest BCUT2D eigenvalue weighted by Gasteiger charge is 2.44. The first kappa shape index (κ1) is 19.2. The van der Waals surface area contributed by atoms with Crippen LogP contribution in [0.1, 0.15) is 31.1 Å². The zero-order valence-electron chi connectivity index (χ0n) is 15.5. The van der Waals surface area contributed by atoms with Gasteiger partial charge in [0.2, 0.25) is 0 Å². The average Bonchev–Trinajstić information content (AvgIpc) is 3.12. The van der Waals surface area contributed by atoms with Crippen LogP contribution in [0.15, 0.2) is 12.3 Å². The van der Waals surface area contributed by atoms with Crippen molar-refractivity contribution in [2.75, 3.05) is 33.3 Å². The summed E-state index contributed by atoms with van der Waals surface area (Å²) >= 11 is 2.08. The van der Waals surface area contributed by atoms with Crippen molar-refractivity contribution >= 4 is 34.6 Å². The van der Waals surface area contributed by atoms with Gasteiger partial charge >= 0.3 is 6.09 Å². The van der Waals surface area contributed by atoms with Gasteiger partial charge in [-0.15, -0.1) is 0 Å². The number of hydrogen-bond donors (Lipinski definition) is 0. The molecule has 0 aliphatic carbocycles. The van der Waals surface area contributed by atoms with Crippen LogP contribution in [0.2, 0.25) is 0 Å². The molecule has 2 saturated heterocycles. The Morgan fingerprint density at radius 1 is 1.15 bits per heavy atom. The van der Waals surface area contributed by atoms with Gasteiger partial charge in [0.15, 0.2) is 5.75 Å². The van der Waals surface area contributed by atoms with Crippen molar-refractivity contribution in [3.8, 4) is 5.75 Å². The maximum atomic E-state index is 12.8. The number of aromatic nitrogens is 1. The zero-order chi connectivity index (χ0) is 19.1. The van der Waals surface area contributed by atoms with Gasteiger partial charge < -0.3 is 19.3 Å². The Labute approximate surface area is 167 Å². The van der Waals surface area contributed by atoms with E-state index in [2.05, 4.69) is 27.6 Å². The van der Waals surface area contributed by atoms with Gasteiger partial charge in [-0.1, -0.05) is 0 Å². The first-order valence-corrected chi connectivity index (χ1v) is 9.72. The third-order valence-electron chi connectivity index (χ3n) is 4.70. The molecule has 3 heterocycles. The van der Waals surface area contributed by atoms with Crippen molar-refractivity contribution < 1.29 is 19.1 Å². The molecule has 2 unspecified atom stereocenters. The molecule has 2 aliphatic rings. The van der Waals surface area contributed by atoms with Crippen LogP contribution in [0.4, 0.5) is 4.79 Å². The summed E-state index contributed by atoms with van der Waals surface area (Å²) in [4.78, 5) is 32.9. The molecule has 26 heavy (non-hydrogen) atoms. The van der Waals surface area contributed by atoms with Crippen molar-refractivity contribution in [2.24, 2.45) is 11.8 Å². The number of methoxy groups -OCH3 is 1. The summed E-state index contributed by atoms with van der Waals surface area (Å²) in [5.41, 5.74) is 0.0412. The molecule has 0 N–H and O–H groups in total. The second kappa shape index (κ2) is 7.21. The maximum Gasteiger partial charge on any atom is 0.410 e. The minimum Gasteiger partial charge on any atom is -0.494 e. The van der Waals surface area contributed by atoms with Crippen LogP contribution in [0.25, 0.3) is 0 Å². The van der Waals surface area contributed by atoms with Crippen LogP contribution in [0.3, 0.4) is 0 Å². The molecule has 2 amide bonds. The molecular formula is C18H24IN3O4. The smallest absolute Gasteiger partial charge is 0.410 e. The molecule has 0 aromatic carbocycles. The lowest BCUT2D eigenvalue weighted by Gasteiger charge is -2.26. The predicted molar refractivity (Wildman–Crippen MR) is 104 cm³/mol. The van der Waals surface area contributed by atoms with E-state index in [4.69, 9.17) is 9.47 Å². The van der Waals surface area contributed by atoms with Crippen LogP contribution >= 0.6 is 22.6 Å². The molecule has 3 rings (SSSR count). The van der Waals surface area contributed by atoms with Crippen LogP contribution in [0.5, 0.6) is 5.75 Å². The van der Waals surface area contributed by atoms with Crippen LogP contribution in [-0.4, -0.2) is 65.7 Å². The molecule has 2 aliphatic heterocycles. The summed E-state index contributed by atoms with van der Waals surface area (Å²) in [6.45, 7) is 8.17. The predicted octanol–water partition coefficient (Wildman–Crippen LogP) is 2.63. The molecule has 8 heteroatoms. The second-order valence-electron chi connectivity index (χ2n) is 7.83. The second-order valence-corrected chi connectivity index (χ2v) is 8.85. The van der Waals surface area contributed by atoms with Gasteiger partial charge in [-0.2, -0.15) is 0 Å². The first-order chi connectivity index (χ1) is 12.2. The van der Waals surface area contributed by atoms with E-state index in [9.17, 15) is 9.59 Å². The van der Waals surface area contributed by atoms with E-state index in [1.807, 2.05) is 25.7 Å². The van der Waals surface area contributed by atoms with Gasteiger partial charge in [0.1, 0.15) is 9.30 Å². The van der Waals surface area contributed by atoms with Crippen molar-refractivity contribution in [3.63, 3.8) is 0 Å². The van der Waals surface area contributed by atoms with Gasteiger partial charge in [-0.3, -0.25) is 4.79 Å². The van der Waals surface area contributed by atoms with Crippen molar-refractivity contribution in [2.45, 2.75) is 26.4 Å². The van der Waals surface area contributed by atoms with Gasteiger partial charge in [-0.25, -0.2) is 9.78 Å². The molecule has 1 aromatic rings. The van der Waals surface area contributed by atoms with Crippen molar-refractivity contribution in [1.29, 1.82) is 0 Å². The Balaban J connectivity index is 1.61. The number of fused-ring (bicyclic) bond motifs is 1.